The predicted octanol–water partition coefficient (Wildman–Crippen LogP) is 2.48. The minimum absolute atomic E-state index is 0. The largest absolute Gasteiger partial charge is 0.357 e. The van der Waals surface area contributed by atoms with E-state index in [4.69, 9.17) is 0 Å². The number of halogens is 1. The zero-order valence-corrected chi connectivity index (χ0v) is 18.4. The minimum atomic E-state index is 0. The van der Waals surface area contributed by atoms with Crippen LogP contribution >= 0.6 is 24.0 Å². The normalized spacial score (nSPS) is 12.0. The first-order valence-electron chi connectivity index (χ1n) is 8.71. The van der Waals surface area contributed by atoms with Gasteiger partial charge >= 0.3 is 0 Å². The number of hydrogen-bond acceptors (Lipinski definition) is 3. The van der Waals surface area contributed by atoms with Crippen molar-refractivity contribution in [3.63, 3.8) is 0 Å². The number of aliphatic imine (C=N–C) groups is 1. The lowest BCUT2D eigenvalue weighted by Crippen LogP contribution is -2.41. The molecule has 0 fully saturated rings. The van der Waals surface area contributed by atoms with Crippen molar-refractivity contribution < 1.29 is 0 Å². The number of hydrogen-bond donors (Lipinski definition) is 2. The molecular formula is C17H35IN6. The van der Waals surface area contributed by atoms with Crippen LogP contribution in [0.15, 0.2) is 17.4 Å². The van der Waals surface area contributed by atoms with Gasteiger partial charge in [-0.2, -0.15) is 5.10 Å². The van der Waals surface area contributed by atoms with Gasteiger partial charge in [0.2, 0.25) is 0 Å². The quantitative estimate of drug-likeness (QED) is 0.345. The molecule has 1 rings (SSSR count). The summed E-state index contributed by atoms with van der Waals surface area (Å²) in [6.45, 7) is 17.4. The van der Waals surface area contributed by atoms with Crippen LogP contribution in [0.3, 0.4) is 0 Å². The maximum Gasteiger partial charge on any atom is 0.191 e. The van der Waals surface area contributed by atoms with Gasteiger partial charge in [-0.05, 0) is 47.1 Å². The van der Waals surface area contributed by atoms with Crippen molar-refractivity contribution in [2.24, 2.45) is 4.99 Å². The van der Waals surface area contributed by atoms with Gasteiger partial charge in [-0.3, -0.25) is 14.6 Å². The van der Waals surface area contributed by atoms with Crippen molar-refractivity contribution >= 4 is 29.9 Å². The van der Waals surface area contributed by atoms with E-state index in [1.165, 1.54) is 5.56 Å². The fraction of sp³-hybridized carbons (Fsp3) is 0.765. The van der Waals surface area contributed by atoms with Crippen molar-refractivity contribution in [1.29, 1.82) is 0 Å². The van der Waals surface area contributed by atoms with Gasteiger partial charge in [0.15, 0.2) is 5.96 Å². The smallest absolute Gasteiger partial charge is 0.191 e. The molecule has 0 aliphatic heterocycles. The molecule has 7 heteroatoms. The number of nitrogens with zero attached hydrogens (tertiary/aromatic N) is 4. The average molecular weight is 450 g/mol. The Morgan fingerprint density at radius 3 is 2.42 bits per heavy atom. The molecule has 0 saturated carbocycles. The summed E-state index contributed by atoms with van der Waals surface area (Å²) in [5.74, 6) is 0.879. The summed E-state index contributed by atoms with van der Waals surface area (Å²) in [5.41, 5.74) is 1.19. The molecule has 0 aromatic carbocycles. The first kappa shape index (κ1) is 23.2. The Morgan fingerprint density at radius 2 is 1.92 bits per heavy atom. The van der Waals surface area contributed by atoms with Crippen LogP contribution in [0, 0.1) is 6.92 Å². The number of aromatic nitrogens is 2. The second-order valence-electron chi connectivity index (χ2n) is 6.39. The number of guanidine groups is 1. The van der Waals surface area contributed by atoms with E-state index in [1.54, 1.807) is 0 Å². The van der Waals surface area contributed by atoms with E-state index in [0.29, 0.717) is 12.1 Å². The van der Waals surface area contributed by atoms with E-state index in [0.717, 1.165) is 38.7 Å². The molecule has 0 bridgehead atoms. The van der Waals surface area contributed by atoms with Crippen LogP contribution in [-0.2, 0) is 6.54 Å². The highest BCUT2D eigenvalue weighted by Gasteiger charge is 2.12. The highest BCUT2D eigenvalue weighted by molar-refractivity contribution is 14.0. The first-order chi connectivity index (χ1) is 10.9. The molecule has 2 N–H and O–H groups in total. The molecule has 1 aromatic heterocycles. The summed E-state index contributed by atoms with van der Waals surface area (Å²) in [6, 6.07) is 1.09. The average Bonchev–Trinajstić information content (AvgIpc) is 2.88. The standard InChI is InChI=1S/C17H34N6.HI/c1-7-18-17(19-8-10-22-13-16(6)12-21-22)20-9-11-23(14(2)3)15(4)5;/h12-15H,7-11H2,1-6H3,(H2,18,19,20);1H. The van der Waals surface area contributed by atoms with Crippen molar-refractivity contribution in [3.05, 3.63) is 18.0 Å². The third-order valence-corrected chi connectivity index (χ3v) is 3.69. The second kappa shape index (κ2) is 12.5. The van der Waals surface area contributed by atoms with Gasteiger partial charge in [0, 0.05) is 37.9 Å². The van der Waals surface area contributed by atoms with Gasteiger partial charge in [0.1, 0.15) is 0 Å². The Balaban J connectivity index is 0.00000529. The van der Waals surface area contributed by atoms with Crippen LogP contribution in [0.1, 0.15) is 40.2 Å². The molecule has 0 radical (unpaired) electrons. The fourth-order valence-electron chi connectivity index (χ4n) is 2.61. The number of rotatable bonds is 9. The number of nitrogens with one attached hydrogen (secondary N) is 2. The summed E-state index contributed by atoms with van der Waals surface area (Å²) in [6.07, 6.45) is 3.93. The lowest BCUT2D eigenvalue weighted by Gasteiger charge is -2.29. The summed E-state index contributed by atoms with van der Waals surface area (Å²) in [5, 5.41) is 11.0. The van der Waals surface area contributed by atoms with E-state index in [1.807, 2.05) is 10.9 Å². The Hall–Kier alpha value is -0.830. The van der Waals surface area contributed by atoms with E-state index in [9.17, 15) is 0 Å². The zero-order chi connectivity index (χ0) is 17.2. The highest BCUT2D eigenvalue weighted by atomic mass is 127. The maximum atomic E-state index is 4.68. The van der Waals surface area contributed by atoms with E-state index in [-0.39, 0.29) is 24.0 Å². The Bertz CT molecular complexity index is 461. The predicted molar refractivity (Wildman–Crippen MR) is 113 cm³/mol. The van der Waals surface area contributed by atoms with Gasteiger partial charge in [0.25, 0.3) is 0 Å². The van der Waals surface area contributed by atoms with E-state index >= 15 is 0 Å². The van der Waals surface area contributed by atoms with Crippen molar-refractivity contribution in [2.75, 3.05) is 26.2 Å². The minimum Gasteiger partial charge on any atom is -0.357 e. The van der Waals surface area contributed by atoms with Crippen LogP contribution in [0.2, 0.25) is 0 Å². The molecule has 0 atom stereocenters. The van der Waals surface area contributed by atoms with Gasteiger partial charge in [0.05, 0.1) is 19.3 Å². The lowest BCUT2D eigenvalue weighted by molar-refractivity contribution is 0.181. The van der Waals surface area contributed by atoms with Crippen LogP contribution in [-0.4, -0.2) is 58.9 Å². The summed E-state index contributed by atoms with van der Waals surface area (Å²) in [7, 11) is 0. The van der Waals surface area contributed by atoms with Crippen molar-refractivity contribution in [1.82, 2.24) is 25.3 Å². The molecule has 0 spiro atoms. The van der Waals surface area contributed by atoms with Crippen LogP contribution in [0.4, 0.5) is 0 Å². The molecule has 0 amide bonds. The topological polar surface area (TPSA) is 57.5 Å². The Kier molecular flexibility index (Phi) is 12.1. The summed E-state index contributed by atoms with van der Waals surface area (Å²) in [4.78, 5) is 7.14. The molecule has 0 saturated heterocycles. The van der Waals surface area contributed by atoms with E-state index < -0.39 is 0 Å². The molecule has 0 aliphatic carbocycles. The lowest BCUT2D eigenvalue weighted by atomic mass is 10.2. The van der Waals surface area contributed by atoms with E-state index in [2.05, 4.69) is 73.4 Å². The van der Waals surface area contributed by atoms with Crippen molar-refractivity contribution in [2.45, 2.75) is 60.2 Å². The van der Waals surface area contributed by atoms with Crippen LogP contribution < -0.4 is 10.6 Å². The number of aryl methyl sites for hydroxylation is 1. The van der Waals surface area contributed by atoms with Gasteiger partial charge in [-0.1, -0.05) is 0 Å². The van der Waals surface area contributed by atoms with Crippen LogP contribution in [0.5, 0.6) is 0 Å². The molecule has 0 unspecified atom stereocenters. The zero-order valence-electron chi connectivity index (χ0n) is 16.0. The van der Waals surface area contributed by atoms with Crippen LogP contribution in [0.25, 0.3) is 0 Å². The highest BCUT2D eigenvalue weighted by Crippen LogP contribution is 2.03. The SMILES string of the molecule is CCNC(=NCCN(C(C)C)C(C)C)NCCn1cc(C)cn1.I. The molecule has 0 aliphatic rings. The molecule has 6 nitrogen and oxygen atoms in total. The molecule has 1 heterocycles. The summed E-state index contributed by atoms with van der Waals surface area (Å²) >= 11 is 0. The Morgan fingerprint density at radius 1 is 1.25 bits per heavy atom. The first-order valence-corrected chi connectivity index (χ1v) is 8.71. The third kappa shape index (κ3) is 8.86. The molecule has 1 aromatic rings. The molecular weight excluding hydrogens is 415 g/mol. The van der Waals surface area contributed by atoms with Gasteiger partial charge < -0.3 is 10.6 Å². The van der Waals surface area contributed by atoms with Crippen molar-refractivity contribution in [3.8, 4) is 0 Å². The molecule has 140 valence electrons. The second-order valence-corrected chi connectivity index (χ2v) is 6.39. The maximum absolute atomic E-state index is 4.68. The fourth-order valence-corrected chi connectivity index (χ4v) is 2.61. The molecule has 24 heavy (non-hydrogen) atoms. The third-order valence-electron chi connectivity index (χ3n) is 3.69. The summed E-state index contributed by atoms with van der Waals surface area (Å²) < 4.78 is 1.95. The monoisotopic (exact) mass is 450 g/mol. The Labute approximate surface area is 164 Å². The van der Waals surface area contributed by atoms with Gasteiger partial charge in [-0.25, -0.2) is 0 Å². The van der Waals surface area contributed by atoms with Gasteiger partial charge in [-0.15, -0.1) is 24.0 Å².